The minimum Gasteiger partial charge on any atom is -0.264 e. The minimum absolute atomic E-state index is 0.886. The van der Waals surface area contributed by atoms with Crippen molar-refractivity contribution in [2.24, 2.45) is 0 Å². The molecule has 0 aliphatic heterocycles. The van der Waals surface area contributed by atoms with Crippen LogP contribution in [-0.4, -0.2) is 15.0 Å². The second-order valence-corrected chi connectivity index (χ2v) is 10.4. The predicted molar refractivity (Wildman–Crippen MR) is 174 cm³/mol. The molecule has 0 unspecified atom stereocenters. The van der Waals surface area contributed by atoms with Crippen LogP contribution in [0.25, 0.3) is 77.3 Å². The van der Waals surface area contributed by atoms with Gasteiger partial charge in [-0.15, -0.1) is 0 Å². The standard InChI is InChI=1S/C39H25N3/c1-2-11-26(12-3-1)38-39(42-37-23-5-4-22-36(37)41-38)35-21-9-19-33-32(18-8-20-34(33)35)31-17-7-15-29-28(14-6-16-30(29)31)27-13-10-24-40-25-27/h1-25H. The molecule has 42 heavy (non-hydrogen) atoms. The van der Waals surface area contributed by atoms with Crippen molar-refractivity contribution in [3.8, 4) is 44.8 Å². The van der Waals surface area contributed by atoms with Gasteiger partial charge < -0.3 is 0 Å². The third-order valence-corrected chi connectivity index (χ3v) is 7.98. The van der Waals surface area contributed by atoms with Gasteiger partial charge >= 0.3 is 0 Å². The Morgan fingerprint density at radius 2 is 0.833 bits per heavy atom. The molecule has 8 rings (SSSR count). The molecule has 8 aromatic rings. The van der Waals surface area contributed by atoms with Crippen LogP contribution < -0.4 is 0 Å². The van der Waals surface area contributed by atoms with Crippen molar-refractivity contribution in [1.29, 1.82) is 0 Å². The largest absolute Gasteiger partial charge is 0.264 e. The molecule has 0 bridgehead atoms. The van der Waals surface area contributed by atoms with Crippen molar-refractivity contribution < 1.29 is 0 Å². The molecule has 0 atom stereocenters. The molecule has 0 spiro atoms. The number of hydrogen-bond donors (Lipinski definition) is 0. The zero-order chi connectivity index (χ0) is 27.9. The molecule has 2 aromatic heterocycles. The molecule has 0 fully saturated rings. The normalized spacial score (nSPS) is 11.3. The molecule has 6 aromatic carbocycles. The summed E-state index contributed by atoms with van der Waals surface area (Å²) in [5, 5.41) is 4.76. The molecule has 0 saturated carbocycles. The van der Waals surface area contributed by atoms with E-state index in [2.05, 4.69) is 108 Å². The maximum absolute atomic E-state index is 5.20. The van der Waals surface area contributed by atoms with Crippen molar-refractivity contribution in [1.82, 2.24) is 15.0 Å². The van der Waals surface area contributed by atoms with E-state index in [4.69, 9.17) is 9.97 Å². The van der Waals surface area contributed by atoms with Crippen LogP contribution in [-0.2, 0) is 0 Å². The van der Waals surface area contributed by atoms with Crippen LogP contribution in [0.4, 0.5) is 0 Å². The second-order valence-electron chi connectivity index (χ2n) is 10.4. The van der Waals surface area contributed by atoms with E-state index in [1.165, 1.54) is 32.8 Å². The van der Waals surface area contributed by atoms with Crippen LogP contribution in [0.2, 0.25) is 0 Å². The summed E-state index contributed by atoms with van der Waals surface area (Å²) in [6.45, 7) is 0. The number of hydrogen-bond acceptors (Lipinski definition) is 3. The highest BCUT2D eigenvalue weighted by Gasteiger charge is 2.17. The third kappa shape index (κ3) is 4.03. The lowest BCUT2D eigenvalue weighted by molar-refractivity contribution is 1.30. The van der Waals surface area contributed by atoms with Crippen LogP contribution >= 0.6 is 0 Å². The van der Waals surface area contributed by atoms with E-state index in [-0.39, 0.29) is 0 Å². The smallest absolute Gasteiger partial charge is 0.0979 e. The first kappa shape index (κ1) is 24.2. The maximum atomic E-state index is 5.20. The summed E-state index contributed by atoms with van der Waals surface area (Å²) in [6, 6.07) is 48.8. The van der Waals surface area contributed by atoms with Crippen molar-refractivity contribution in [2.75, 3.05) is 0 Å². The van der Waals surface area contributed by atoms with E-state index in [0.717, 1.165) is 44.5 Å². The minimum atomic E-state index is 0.886. The molecule has 3 heteroatoms. The zero-order valence-electron chi connectivity index (χ0n) is 22.8. The number of aromatic nitrogens is 3. The molecule has 2 heterocycles. The number of para-hydroxylation sites is 2. The number of pyridine rings is 1. The molecular formula is C39H25N3. The average Bonchev–Trinajstić information content (AvgIpc) is 3.07. The molecular weight excluding hydrogens is 510 g/mol. The van der Waals surface area contributed by atoms with Crippen LogP contribution in [0.1, 0.15) is 0 Å². The Morgan fingerprint density at radius 1 is 0.333 bits per heavy atom. The van der Waals surface area contributed by atoms with E-state index in [1.54, 1.807) is 0 Å². The van der Waals surface area contributed by atoms with Crippen molar-refractivity contribution in [2.45, 2.75) is 0 Å². The number of rotatable bonds is 4. The van der Waals surface area contributed by atoms with Gasteiger partial charge in [0.15, 0.2) is 0 Å². The van der Waals surface area contributed by atoms with Crippen LogP contribution in [0.3, 0.4) is 0 Å². The quantitative estimate of drug-likeness (QED) is 0.225. The number of nitrogens with zero attached hydrogens (tertiary/aromatic N) is 3. The van der Waals surface area contributed by atoms with Crippen LogP contribution in [0.5, 0.6) is 0 Å². The van der Waals surface area contributed by atoms with Crippen molar-refractivity contribution in [3.05, 3.63) is 152 Å². The molecule has 0 radical (unpaired) electrons. The molecule has 0 saturated heterocycles. The Bertz CT molecular complexity index is 2240. The Balaban J connectivity index is 1.38. The lowest BCUT2D eigenvalue weighted by atomic mass is 9.89. The van der Waals surface area contributed by atoms with Gasteiger partial charge in [-0.3, -0.25) is 4.98 Å². The number of benzene rings is 6. The van der Waals surface area contributed by atoms with Crippen molar-refractivity contribution in [3.63, 3.8) is 0 Å². The molecule has 196 valence electrons. The zero-order valence-corrected chi connectivity index (χ0v) is 22.8. The second kappa shape index (κ2) is 10.1. The van der Waals surface area contributed by atoms with Crippen LogP contribution in [0.15, 0.2) is 152 Å². The highest BCUT2D eigenvalue weighted by Crippen LogP contribution is 2.41. The third-order valence-electron chi connectivity index (χ3n) is 7.98. The van der Waals surface area contributed by atoms with Gasteiger partial charge in [0, 0.05) is 29.1 Å². The fourth-order valence-electron chi connectivity index (χ4n) is 6.06. The summed E-state index contributed by atoms with van der Waals surface area (Å²) in [5.74, 6) is 0. The highest BCUT2D eigenvalue weighted by molar-refractivity contribution is 6.11. The monoisotopic (exact) mass is 535 g/mol. The Hall–Kier alpha value is -5.67. The molecule has 3 nitrogen and oxygen atoms in total. The fourth-order valence-corrected chi connectivity index (χ4v) is 6.06. The number of fused-ring (bicyclic) bond motifs is 3. The molecule has 0 aliphatic carbocycles. The van der Waals surface area contributed by atoms with Crippen LogP contribution in [0, 0.1) is 0 Å². The average molecular weight is 536 g/mol. The summed E-state index contributed by atoms with van der Waals surface area (Å²) < 4.78 is 0. The summed E-state index contributed by atoms with van der Waals surface area (Å²) in [5.41, 5.74) is 10.4. The van der Waals surface area contributed by atoms with Gasteiger partial charge in [0.25, 0.3) is 0 Å². The molecule has 0 amide bonds. The Labute approximate surface area is 243 Å². The van der Waals surface area contributed by atoms with Gasteiger partial charge in [0.05, 0.1) is 22.4 Å². The Kier molecular flexibility index (Phi) is 5.79. The summed E-state index contributed by atoms with van der Waals surface area (Å²) in [6.07, 6.45) is 3.75. The van der Waals surface area contributed by atoms with Crippen molar-refractivity contribution >= 4 is 32.6 Å². The Morgan fingerprint density at radius 3 is 1.45 bits per heavy atom. The fraction of sp³-hybridized carbons (Fsp3) is 0. The first-order valence-corrected chi connectivity index (χ1v) is 14.1. The lowest BCUT2D eigenvalue weighted by Gasteiger charge is -2.16. The topological polar surface area (TPSA) is 38.7 Å². The first-order chi connectivity index (χ1) is 20.8. The lowest BCUT2D eigenvalue weighted by Crippen LogP contribution is -1.96. The SMILES string of the molecule is c1ccc(-c2nc3ccccc3nc2-c2cccc3c(-c4cccc5c(-c6cccnc6)cccc45)cccc23)cc1. The predicted octanol–water partition coefficient (Wildman–Crippen LogP) is 10.00. The maximum Gasteiger partial charge on any atom is 0.0979 e. The van der Waals surface area contributed by atoms with E-state index in [9.17, 15) is 0 Å². The molecule has 0 aliphatic rings. The van der Waals surface area contributed by atoms with Gasteiger partial charge in [0.1, 0.15) is 0 Å². The highest BCUT2D eigenvalue weighted by atomic mass is 14.8. The summed E-state index contributed by atoms with van der Waals surface area (Å²) >= 11 is 0. The van der Waals surface area contributed by atoms with Gasteiger partial charge in [-0.2, -0.15) is 0 Å². The van der Waals surface area contributed by atoms with E-state index < -0.39 is 0 Å². The summed E-state index contributed by atoms with van der Waals surface area (Å²) in [7, 11) is 0. The van der Waals surface area contributed by atoms with Gasteiger partial charge in [-0.25, -0.2) is 9.97 Å². The van der Waals surface area contributed by atoms with E-state index in [1.807, 2.05) is 48.8 Å². The van der Waals surface area contributed by atoms with E-state index >= 15 is 0 Å². The van der Waals surface area contributed by atoms with Gasteiger partial charge in [-0.05, 0) is 56.4 Å². The van der Waals surface area contributed by atoms with Gasteiger partial charge in [-0.1, -0.05) is 121 Å². The molecule has 0 N–H and O–H groups in total. The first-order valence-electron chi connectivity index (χ1n) is 14.1. The van der Waals surface area contributed by atoms with E-state index in [0.29, 0.717) is 0 Å². The van der Waals surface area contributed by atoms with Gasteiger partial charge in [0.2, 0.25) is 0 Å². The summed E-state index contributed by atoms with van der Waals surface area (Å²) in [4.78, 5) is 14.7.